The molecule has 0 aliphatic carbocycles. The number of hydrogen-bond acceptors (Lipinski definition) is 2. The molecule has 1 heterocycles. The first kappa shape index (κ1) is 8.99. The minimum Gasteiger partial charge on any atom is -0.390 e. The molecular formula is C7H11IN2O. The monoisotopic (exact) mass is 266 g/mol. The first-order chi connectivity index (χ1) is 4.97. The fourth-order valence-corrected chi connectivity index (χ4v) is 1.28. The smallest absolute Gasteiger partial charge is 0.119 e. The third-order valence-electron chi connectivity index (χ3n) is 1.20. The first-order valence-corrected chi connectivity index (χ1v) is 4.47. The van der Waals surface area contributed by atoms with E-state index in [2.05, 4.69) is 32.6 Å². The number of halogens is 1. The highest BCUT2D eigenvalue weighted by Crippen LogP contribution is 2.09. The fourth-order valence-electron chi connectivity index (χ4n) is 0.837. The van der Waals surface area contributed by atoms with Crippen molar-refractivity contribution in [3.63, 3.8) is 0 Å². The van der Waals surface area contributed by atoms with E-state index >= 15 is 0 Å². The number of aliphatic hydroxyl groups is 1. The van der Waals surface area contributed by atoms with Crippen molar-refractivity contribution in [3.8, 4) is 0 Å². The summed E-state index contributed by atoms with van der Waals surface area (Å²) in [6, 6.07) is 0. The van der Waals surface area contributed by atoms with Gasteiger partial charge in [0.05, 0.1) is 5.60 Å². The van der Waals surface area contributed by atoms with Crippen LogP contribution in [-0.2, 0) is 6.42 Å². The Morgan fingerprint density at radius 1 is 1.73 bits per heavy atom. The van der Waals surface area contributed by atoms with Gasteiger partial charge in [-0.25, -0.2) is 4.98 Å². The van der Waals surface area contributed by atoms with E-state index in [1.54, 1.807) is 13.8 Å². The van der Waals surface area contributed by atoms with Crippen LogP contribution in [0, 0.1) is 3.70 Å². The minimum absolute atomic E-state index is 0.565. The molecule has 0 saturated heterocycles. The maximum Gasteiger partial charge on any atom is 0.119 e. The third-order valence-corrected chi connectivity index (χ3v) is 1.75. The lowest BCUT2D eigenvalue weighted by Crippen LogP contribution is -2.22. The summed E-state index contributed by atoms with van der Waals surface area (Å²) in [4.78, 5) is 7.15. The molecule has 0 unspecified atom stereocenters. The van der Waals surface area contributed by atoms with Crippen molar-refractivity contribution in [1.82, 2.24) is 9.97 Å². The summed E-state index contributed by atoms with van der Waals surface area (Å²) < 4.78 is 0.932. The standard InChI is InChI=1S/C7H11IN2O/c1-7(2,11)3-6-9-4-5(8)10-6/h4,11H,3H2,1-2H3,(H,9,10). The second-order valence-corrected chi connectivity index (χ2v) is 4.26. The molecule has 0 aliphatic rings. The van der Waals surface area contributed by atoms with Crippen molar-refractivity contribution in [2.24, 2.45) is 0 Å². The van der Waals surface area contributed by atoms with E-state index < -0.39 is 5.60 Å². The highest BCUT2D eigenvalue weighted by molar-refractivity contribution is 14.1. The average Bonchev–Trinajstić information content (AvgIpc) is 2.10. The van der Waals surface area contributed by atoms with E-state index in [0.29, 0.717) is 6.42 Å². The minimum atomic E-state index is -0.680. The molecule has 3 nitrogen and oxygen atoms in total. The predicted octanol–water partition coefficient (Wildman–Crippen LogP) is 1.33. The number of rotatable bonds is 2. The molecule has 0 aliphatic heterocycles. The van der Waals surface area contributed by atoms with Crippen molar-refractivity contribution in [2.75, 3.05) is 0 Å². The summed E-state index contributed by atoms with van der Waals surface area (Å²) in [5, 5.41) is 9.42. The predicted molar refractivity (Wildman–Crippen MR) is 51.3 cm³/mol. The molecule has 1 rings (SSSR count). The van der Waals surface area contributed by atoms with Crippen LogP contribution in [0.4, 0.5) is 0 Å². The van der Waals surface area contributed by atoms with Crippen molar-refractivity contribution in [3.05, 3.63) is 15.7 Å². The molecule has 1 aromatic rings. The lowest BCUT2D eigenvalue weighted by atomic mass is 10.1. The van der Waals surface area contributed by atoms with Crippen LogP contribution in [0.2, 0.25) is 0 Å². The Morgan fingerprint density at radius 2 is 2.36 bits per heavy atom. The van der Waals surface area contributed by atoms with E-state index in [4.69, 9.17) is 0 Å². The Bertz CT molecular complexity index is 239. The van der Waals surface area contributed by atoms with Gasteiger partial charge >= 0.3 is 0 Å². The van der Waals surface area contributed by atoms with Crippen LogP contribution < -0.4 is 0 Å². The van der Waals surface area contributed by atoms with Gasteiger partial charge in [0.15, 0.2) is 0 Å². The van der Waals surface area contributed by atoms with E-state index in [0.717, 1.165) is 9.53 Å². The Hall–Kier alpha value is -0.100. The summed E-state index contributed by atoms with van der Waals surface area (Å²) >= 11 is 2.13. The summed E-state index contributed by atoms with van der Waals surface area (Å²) in [6.07, 6.45) is 2.39. The van der Waals surface area contributed by atoms with Gasteiger partial charge in [0.1, 0.15) is 9.53 Å². The van der Waals surface area contributed by atoms with E-state index in [1.165, 1.54) is 0 Å². The largest absolute Gasteiger partial charge is 0.390 e. The van der Waals surface area contributed by atoms with Crippen molar-refractivity contribution < 1.29 is 5.11 Å². The molecule has 62 valence electrons. The van der Waals surface area contributed by atoms with Crippen LogP contribution in [-0.4, -0.2) is 20.7 Å². The van der Waals surface area contributed by atoms with Crippen molar-refractivity contribution in [1.29, 1.82) is 0 Å². The van der Waals surface area contributed by atoms with Crippen LogP contribution in [0.25, 0.3) is 0 Å². The lowest BCUT2D eigenvalue weighted by molar-refractivity contribution is 0.0790. The van der Waals surface area contributed by atoms with Gasteiger partial charge in [-0.05, 0) is 36.4 Å². The van der Waals surface area contributed by atoms with Crippen molar-refractivity contribution in [2.45, 2.75) is 25.9 Å². The van der Waals surface area contributed by atoms with Gasteiger partial charge in [0, 0.05) is 12.6 Å². The van der Waals surface area contributed by atoms with Gasteiger partial charge in [-0.15, -0.1) is 0 Å². The normalized spacial score (nSPS) is 12.0. The van der Waals surface area contributed by atoms with Crippen LogP contribution in [0.1, 0.15) is 19.7 Å². The molecule has 2 N–H and O–H groups in total. The highest BCUT2D eigenvalue weighted by Gasteiger charge is 2.15. The summed E-state index contributed by atoms with van der Waals surface area (Å²) in [5.41, 5.74) is -0.680. The summed E-state index contributed by atoms with van der Waals surface area (Å²) in [6.45, 7) is 3.53. The molecular weight excluding hydrogens is 255 g/mol. The van der Waals surface area contributed by atoms with Gasteiger partial charge in [-0.1, -0.05) is 0 Å². The Kier molecular flexibility index (Phi) is 2.54. The van der Waals surface area contributed by atoms with Crippen LogP contribution >= 0.6 is 22.6 Å². The molecule has 0 saturated carbocycles. The number of nitrogens with zero attached hydrogens (tertiary/aromatic N) is 1. The second-order valence-electron chi connectivity index (χ2n) is 3.16. The third kappa shape index (κ3) is 3.20. The number of hydrogen-bond donors (Lipinski definition) is 2. The zero-order valence-electron chi connectivity index (χ0n) is 6.56. The van der Waals surface area contributed by atoms with Gasteiger partial charge in [-0.2, -0.15) is 0 Å². The zero-order valence-corrected chi connectivity index (χ0v) is 8.71. The van der Waals surface area contributed by atoms with Gasteiger partial charge in [-0.3, -0.25) is 0 Å². The average molecular weight is 266 g/mol. The molecule has 0 bridgehead atoms. The number of aromatic nitrogens is 2. The molecule has 0 fully saturated rings. The topological polar surface area (TPSA) is 48.9 Å². The molecule has 0 radical (unpaired) electrons. The Morgan fingerprint density at radius 3 is 2.73 bits per heavy atom. The van der Waals surface area contributed by atoms with E-state index in [9.17, 15) is 5.11 Å². The lowest BCUT2D eigenvalue weighted by Gasteiger charge is -2.14. The number of nitrogens with one attached hydrogen (secondary N) is 1. The molecule has 0 amide bonds. The Balaban J connectivity index is 2.65. The van der Waals surface area contributed by atoms with Gasteiger partial charge < -0.3 is 10.1 Å². The first-order valence-electron chi connectivity index (χ1n) is 3.39. The van der Waals surface area contributed by atoms with Crippen molar-refractivity contribution >= 4 is 22.6 Å². The SMILES string of the molecule is CC(C)(O)Cc1nc(I)c[nH]1. The molecule has 4 heteroatoms. The Labute approximate surface area is 79.4 Å². The maximum atomic E-state index is 9.42. The molecule has 0 atom stereocenters. The summed E-state index contributed by atoms with van der Waals surface area (Å²) in [5.74, 6) is 0.835. The molecule has 0 aromatic carbocycles. The molecule has 1 aromatic heterocycles. The van der Waals surface area contributed by atoms with Crippen LogP contribution in [0.3, 0.4) is 0 Å². The van der Waals surface area contributed by atoms with E-state index in [1.807, 2.05) is 6.20 Å². The number of H-pyrrole nitrogens is 1. The van der Waals surface area contributed by atoms with Crippen LogP contribution in [0.5, 0.6) is 0 Å². The van der Waals surface area contributed by atoms with Gasteiger partial charge in [0.25, 0.3) is 0 Å². The zero-order chi connectivity index (χ0) is 8.48. The maximum absolute atomic E-state index is 9.42. The molecule has 11 heavy (non-hydrogen) atoms. The second kappa shape index (κ2) is 3.10. The number of imidazole rings is 1. The summed E-state index contributed by atoms with van der Waals surface area (Å²) in [7, 11) is 0. The van der Waals surface area contributed by atoms with E-state index in [-0.39, 0.29) is 0 Å². The van der Waals surface area contributed by atoms with Gasteiger partial charge in [0.2, 0.25) is 0 Å². The molecule has 0 spiro atoms. The highest BCUT2D eigenvalue weighted by atomic mass is 127. The quantitative estimate of drug-likeness (QED) is 0.793. The van der Waals surface area contributed by atoms with Crippen LogP contribution in [0.15, 0.2) is 6.20 Å². The fraction of sp³-hybridized carbons (Fsp3) is 0.571. The number of aromatic amines is 1.